The lowest BCUT2D eigenvalue weighted by atomic mass is 9.89. The van der Waals surface area contributed by atoms with Gasteiger partial charge in [-0.3, -0.25) is 0 Å². The van der Waals surface area contributed by atoms with Gasteiger partial charge in [0.15, 0.2) is 0 Å². The largest absolute Gasteiger partial charge is 0.487 e. The molecule has 0 bridgehead atoms. The SMILES string of the molecule is Cc1nn(C)c(OCCCOc2c(-c3ccc4c(c3)c(/C=C/B3OC(C)(C)C(C)(C)O3)nn4PI)cnn2C)c1C. The van der Waals surface area contributed by atoms with Crippen LogP contribution in [0.1, 0.15) is 51.1 Å². The third-order valence-electron chi connectivity index (χ3n) is 7.89. The molecular formula is C28H37BIN6O4P. The summed E-state index contributed by atoms with van der Waals surface area (Å²) in [5.41, 5.74) is 5.14. The highest BCUT2D eigenvalue weighted by atomic mass is 127. The van der Waals surface area contributed by atoms with E-state index < -0.39 is 7.12 Å². The van der Waals surface area contributed by atoms with E-state index in [9.17, 15) is 0 Å². The number of halogens is 1. The Bertz CT molecular complexity index is 1580. The number of benzene rings is 1. The highest BCUT2D eigenvalue weighted by molar-refractivity contribution is 14.2. The Morgan fingerprint density at radius 3 is 2.32 bits per heavy atom. The van der Waals surface area contributed by atoms with Crippen LogP contribution < -0.4 is 9.47 Å². The van der Waals surface area contributed by atoms with E-state index >= 15 is 0 Å². The van der Waals surface area contributed by atoms with Crippen LogP contribution >= 0.6 is 28.4 Å². The summed E-state index contributed by atoms with van der Waals surface area (Å²) in [7, 11) is 3.36. The predicted molar refractivity (Wildman–Crippen MR) is 173 cm³/mol. The molecule has 10 nitrogen and oxygen atoms in total. The van der Waals surface area contributed by atoms with E-state index in [-0.39, 0.29) is 11.2 Å². The van der Waals surface area contributed by atoms with Gasteiger partial charge in [0.2, 0.25) is 11.8 Å². The van der Waals surface area contributed by atoms with Crippen molar-refractivity contribution in [2.75, 3.05) is 13.2 Å². The number of fused-ring (bicyclic) bond motifs is 1. The molecule has 1 unspecified atom stereocenters. The molecule has 1 aliphatic heterocycles. The molecule has 0 radical (unpaired) electrons. The van der Waals surface area contributed by atoms with Gasteiger partial charge in [-0.2, -0.15) is 15.3 Å². The summed E-state index contributed by atoms with van der Waals surface area (Å²) >= 11 is 2.36. The molecule has 3 aromatic heterocycles. The van der Waals surface area contributed by atoms with Crippen molar-refractivity contribution < 1.29 is 18.8 Å². The van der Waals surface area contributed by atoms with Crippen LogP contribution in [0.5, 0.6) is 11.8 Å². The average molecular weight is 690 g/mol. The standard InChI is InChI=1S/C28H37BIN6O4P/c1-18-19(2)32-35(8)25(18)37-14-9-15-38-26-22(17-31-34(26)7)20-10-11-24-21(16-20)23(33-36(24)41-30)12-13-29-39-27(3,4)28(5,6)40-29/h10-13,16-17,41H,9,14-15H2,1-8H3/b13-12+. The quantitative estimate of drug-likeness (QED) is 0.0864. The zero-order valence-electron chi connectivity index (χ0n) is 24.9. The summed E-state index contributed by atoms with van der Waals surface area (Å²) < 4.78 is 30.1. The first-order valence-corrected chi connectivity index (χ1v) is 17.7. The van der Waals surface area contributed by atoms with E-state index in [1.54, 1.807) is 9.36 Å². The number of hydrogen-bond donors (Lipinski definition) is 0. The molecule has 41 heavy (non-hydrogen) atoms. The van der Waals surface area contributed by atoms with Crippen LogP contribution in [-0.4, -0.2) is 60.6 Å². The van der Waals surface area contributed by atoms with Gasteiger partial charge >= 0.3 is 7.12 Å². The molecule has 13 heteroatoms. The lowest BCUT2D eigenvalue weighted by molar-refractivity contribution is 0.00578. The summed E-state index contributed by atoms with van der Waals surface area (Å²) in [5, 5.41) is 14.8. The Morgan fingerprint density at radius 1 is 1.00 bits per heavy atom. The monoisotopic (exact) mass is 690 g/mol. The number of aryl methyl sites for hydroxylation is 3. The van der Waals surface area contributed by atoms with Crippen molar-refractivity contribution in [1.82, 2.24) is 29.1 Å². The molecule has 0 amide bonds. The van der Waals surface area contributed by atoms with Gasteiger partial charge in [-0.05, 0) is 87.4 Å². The van der Waals surface area contributed by atoms with E-state index in [0.29, 0.717) is 19.6 Å². The van der Waals surface area contributed by atoms with Crippen LogP contribution in [-0.2, 0) is 23.4 Å². The Labute approximate surface area is 256 Å². The molecule has 1 aromatic carbocycles. The molecule has 4 heterocycles. The van der Waals surface area contributed by atoms with E-state index in [1.807, 2.05) is 50.6 Å². The van der Waals surface area contributed by atoms with Crippen LogP contribution in [0.25, 0.3) is 28.1 Å². The van der Waals surface area contributed by atoms with Gasteiger partial charge in [0.1, 0.15) is 0 Å². The van der Waals surface area contributed by atoms with Crippen LogP contribution in [0.3, 0.4) is 0 Å². The summed E-state index contributed by atoms with van der Waals surface area (Å²) in [5.74, 6) is 3.46. The maximum atomic E-state index is 6.22. The van der Waals surface area contributed by atoms with Crippen LogP contribution in [0.15, 0.2) is 30.4 Å². The fraction of sp³-hybridized carbons (Fsp3) is 0.464. The van der Waals surface area contributed by atoms with E-state index in [1.165, 1.54) is 0 Å². The van der Waals surface area contributed by atoms with Crippen LogP contribution in [0.4, 0.5) is 0 Å². The first kappa shape index (κ1) is 30.1. The van der Waals surface area contributed by atoms with E-state index in [4.69, 9.17) is 23.9 Å². The van der Waals surface area contributed by atoms with Crippen LogP contribution in [0.2, 0.25) is 0 Å². The second-order valence-corrected chi connectivity index (χ2v) is 13.3. The van der Waals surface area contributed by atoms with Crippen molar-refractivity contribution in [3.8, 4) is 22.9 Å². The molecule has 5 rings (SSSR count). The van der Waals surface area contributed by atoms with Crippen LogP contribution in [0, 0.1) is 13.8 Å². The Kier molecular flexibility index (Phi) is 8.58. The number of rotatable bonds is 10. The van der Waals surface area contributed by atoms with E-state index in [0.717, 1.165) is 57.2 Å². The number of hydrogen-bond acceptors (Lipinski definition) is 7. The Morgan fingerprint density at radius 2 is 1.68 bits per heavy atom. The van der Waals surface area contributed by atoms with Gasteiger partial charge in [-0.25, -0.2) is 13.8 Å². The van der Waals surface area contributed by atoms with Gasteiger partial charge in [0, 0.05) is 31.5 Å². The highest BCUT2D eigenvalue weighted by Gasteiger charge is 2.50. The molecule has 0 saturated carbocycles. The van der Waals surface area contributed by atoms with Gasteiger partial charge in [0.25, 0.3) is 0 Å². The third kappa shape index (κ3) is 5.93. The topological polar surface area (TPSA) is 90.4 Å². The lowest BCUT2D eigenvalue weighted by Gasteiger charge is -2.32. The zero-order chi connectivity index (χ0) is 29.5. The fourth-order valence-electron chi connectivity index (χ4n) is 4.77. The first-order chi connectivity index (χ1) is 19.4. The maximum Gasteiger partial charge on any atom is 0.487 e. The lowest BCUT2D eigenvalue weighted by Crippen LogP contribution is -2.41. The molecule has 1 atom stereocenters. The minimum atomic E-state index is -0.432. The average Bonchev–Trinajstić information content (AvgIpc) is 3.59. The fourth-order valence-corrected chi connectivity index (χ4v) is 6.30. The number of aromatic nitrogens is 6. The summed E-state index contributed by atoms with van der Waals surface area (Å²) in [6.07, 6.45) is 5.04. The normalized spacial score (nSPS) is 16.7. The molecule has 1 saturated heterocycles. The maximum absolute atomic E-state index is 6.22. The minimum absolute atomic E-state index is 0.389. The highest BCUT2D eigenvalue weighted by Crippen LogP contribution is 2.38. The molecule has 0 N–H and O–H groups in total. The molecule has 218 valence electrons. The van der Waals surface area contributed by atoms with E-state index in [2.05, 4.69) is 78.1 Å². The van der Waals surface area contributed by atoms with Crippen molar-refractivity contribution in [1.29, 1.82) is 0 Å². The number of nitrogens with zero attached hydrogens (tertiary/aromatic N) is 6. The van der Waals surface area contributed by atoms with Crippen molar-refractivity contribution in [2.24, 2.45) is 14.1 Å². The van der Waals surface area contributed by atoms with Crippen molar-refractivity contribution in [3.63, 3.8) is 0 Å². The van der Waals surface area contributed by atoms with Crippen molar-refractivity contribution >= 4 is 52.5 Å². The Hall–Kier alpha value is -2.41. The molecule has 1 fully saturated rings. The van der Waals surface area contributed by atoms with Gasteiger partial charge in [-0.1, -0.05) is 12.0 Å². The summed E-state index contributed by atoms with van der Waals surface area (Å²) in [6, 6.07) is 6.36. The minimum Gasteiger partial charge on any atom is -0.478 e. The number of ether oxygens (including phenoxy) is 2. The molecule has 0 spiro atoms. The van der Waals surface area contributed by atoms with Crippen molar-refractivity contribution in [2.45, 2.75) is 59.2 Å². The molecule has 4 aromatic rings. The van der Waals surface area contributed by atoms with Gasteiger partial charge in [-0.15, -0.1) is 0 Å². The zero-order valence-corrected chi connectivity index (χ0v) is 28.0. The van der Waals surface area contributed by atoms with Crippen molar-refractivity contribution in [3.05, 3.63) is 47.3 Å². The second kappa shape index (κ2) is 11.7. The smallest absolute Gasteiger partial charge is 0.478 e. The first-order valence-electron chi connectivity index (χ1n) is 13.6. The van der Waals surface area contributed by atoms with Gasteiger partial charge < -0.3 is 18.8 Å². The van der Waals surface area contributed by atoms with Gasteiger partial charge in [0.05, 0.1) is 59.5 Å². The molecule has 0 aliphatic carbocycles. The predicted octanol–water partition coefficient (Wildman–Crippen LogP) is 6.07. The third-order valence-corrected chi connectivity index (χ3v) is 9.76. The second-order valence-electron chi connectivity index (χ2n) is 11.3. The Balaban J connectivity index is 1.32. The molecule has 1 aliphatic rings. The summed E-state index contributed by atoms with van der Waals surface area (Å²) in [6.45, 7) is 13.3. The summed E-state index contributed by atoms with van der Waals surface area (Å²) in [4.78, 5) is 0. The molecular weight excluding hydrogens is 653 g/mol.